The summed E-state index contributed by atoms with van der Waals surface area (Å²) in [5.41, 5.74) is 1.76. The van der Waals surface area contributed by atoms with E-state index < -0.39 is 33.7 Å². The number of hydrogen-bond donors (Lipinski definition) is 1. The van der Waals surface area contributed by atoms with Crippen LogP contribution in [0.2, 0.25) is 0 Å². The molecule has 4 heterocycles. The molecule has 3 amide bonds. The van der Waals surface area contributed by atoms with Crippen molar-refractivity contribution in [3.8, 4) is 11.3 Å². The molecular formula is C26H24FN5O6S. The van der Waals surface area contributed by atoms with Crippen molar-refractivity contribution in [3.05, 3.63) is 65.9 Å². The molecule has 1 unspecified atom stereocenters. The van der Waals surface area contributed by atoms with Gasteiger partial charge in [0, 0.05) is 50.3 Å². The molecule has 0 spiro atoms. The van der Waals surface area contributed by atoms with Gasteiger partial charge in [0.25, 0.3) is 5.91 Å². The molecular weight excluding hydrogens is 529 g/mol. The first kappa shape index (κ1) is 25.2. The van der Waals surface area contributed by atoms with Gasteiger partial charge in [-0.2, -0.15) is 4.31 Å². The summed E-state index contributed by atoms with van der Waals surface area (Å²) in [4.78, 5) is 43.8. The van der Waals surface area contributed by atoms with E-state index in [-0.39, 0.29) is 67.6 Å². The Morgan fingerprint density at radius 1 is 1.03 bits per heavy atom. The summed E-state index contributed by atoms with van der Waals surface area (Å²) in [6.07, 6.45) is 3.20. The van der Waals surface area contributed by atoms with Gasteiger partial charge in [-0.3, -0.25) is 19.7 Å². The quantitative estimate of drug-likeness (QED) is 0.473. The van der Waals surface area contributed by atoms with Crippen LogP contribution in [-0.2, 0) is 26.2 Å². The van der Waals surface area contributed by atoms with Crippen molar-refractivity contribution in [2.24, 2.45) is 0 Å². The number of carbonyl (C=O) groups is 3. The summed E-state index contributed by atoms with van der Waals surface area (Å²) in [6, 6.07) is 8.34. The molecule has 202 valence electrons. The van der Waals surface area contributed by atoms with Gasteiger partial charge in [-0.15, -0.1) is 0 Å². The number of nitrogens with zero attached hydrogens (tertiary/aromatic N) is 4. The monoisotopic (exact) mass is 553 g/mol. The number of carbonyl (C=O) groups excluding carboxylic acids is 3. The molecule has 6 rings (SSSR count). The predicted molar refractivity (Wildman–Crippen MR) is 135 cm³/mol. The molecule has 2 fully saturated rings. The fourth-order valence-electron chi connectivity index (χ4n) is 5.29. The lowest BCUT2D eigenvalue weighted by molar-refractivity contribution is -0.136. The van der Waals surface area contributed by atoms with Gasteiger partial charge in [-0.1, -0.05) is 0 Å². The number of anilines is 1. The van der Waals surface area contributed by atoms with E-state index in [0.29, 0.717) is 16.9 Å². The van der Waals surface area contributed by atoms with Crippen LogP contribution in [0.25, 0.3) is 11.3 Å². The van der Waals surface area contributed by atoms with Crippen molar-refractivity contribution in [1.29, 1.82) is 0 Å². The number of halogens is 1. The smallest absolute Gasteiger partial charge is 0.255 e. The van der Waals surface area contributed by atoms with Crippen LogP contribution in [0.1, 0.15) is 28.8 Å². The van der Waals surface area contributed by atoms with Crippen LogP contribution in [0.3, 0.4) is 0 Å². The Hall–Kier alpha value is -4.10. The molecule has 13 heteroatoms. The molecule has 0 bridgehead atoms. The summed E-state index contributed by atoms with van der Waals surface area (Å²) < 4.78 is 48.2. The minimum Gasteiger partial charge on any atom is -0.444 e. The van der Waals surface area contributed by atoms with Crippen molar-refractivity contribution in [3.63, 3.8) is 0 Å². The van der Waals surface area contributed by atoms with Crippen molar-refractivity contribution in [2.45, 2.75) is 30.3 Å². The van der Waals surface area contributed by atoms with E-state index in [1.165, 1.54) is 33.8 Å². The van der Waals surface area contributed by atoms with Crippen molar-refractivity contribution < 1.29 is 31.6 Å². The highest BCUT2D eigenvalue weighted by atomic mass is 32.2. The van der Waals surface area contributed by atoms with E-state index in [1.807, 2.05) is 0 Å². The zero-order chi connectivity index (χ0) is 27.3. The number of piperidine rings is 1. The van der Waals surface area contributed by atoms with Crippen LogP contribution in [0.5, 0.6) is 0 Å². The third-order valence-electron chi connectivity index (χ3n) is 7.38. The Labute approximate surface area is 223 Å². The Morgan fingerprint density at radius 3 is 2.44 bits per heavy atom. The van der Waals surface area contributed by atoms with E-state index in [2.05, 4.69) is 10.3 Å². The highest BCUT2D eigenvalue weighted by Crippen LogP contribution is 2.33. The first-order valence-corrected chi connectivity index (χ1v) is 13.9. The molecule has 3 aliphatic rings. The topological polar surface area (TPSA) is 133 Å². The molecule has 2 aromatic carbocycles. The van der Waals surface area contributed by atoms with Gasteiger partial charge in [-0.05, 0) is 48.4 Å². The number of piperazine rings is 1. The second kappa shape index (κ2) is 9.58. The second-order valence-electron chi connectivity index (χ2n) is 9.64. The maximum Gasteiger partial charge on any atom is 0.255 e. The maximum atomic E-state index is 15.2. The van der Waals surface area contributed by atoms with Gasteiger partial charge in [0.05, 0.1) is 16.8 Å². The lowest BCUT2D eigenvalue weighted by Gasteiger charge is -2.35. The van der Waals surface area contributed by atoms with Gasteiger partial charge in [0.1, 0.15) is 11.9 Å². The lowest BCUT2D eigenvalue weighted by atomic mass is 10.0. The third-order valence-corrected chi connectivity index (χ3v) is 9.29. The van der Waals surface area contributed by atoms with Crippen molar-refractivity contribution in [2.75, 3.05) is 31.1 Å². The van der Waals surface area contributed by atoms with Crippen LogP contribution >= 0.6 is 0 Å². The van der Waals surface area contributed by atoms with Gasteiger partial charge < -0.3 is 14.2 Å². The molecule has 2 saturated heterocycles. The number of amides is 3. The molecule has 1 aromatic heterocycles. The normalized spacial score (nSPS) is 20.3. The van der Waals surface area contributed by atoms with Gasteiger partial charge in [-0.25, -0.2) is 17.8 Å². The molecule has 39 heavy (non-hydrogen) atoms. The number of benzene rings is 2. The van der Waals surface area contributed by atoms with E-state index in [9.17, 15) is 22.8 Å². The Kier molecular flexibility index (Phi) is 6.19. The minimum absolute atomic E-state index is 0.131. The molecule has 0 radical (unpaired) electrons. The van der Waals surface area contributed by atoms with E-state index >= 15 is 4.39 Å². The maximum absolute atomic E-state index is 15.2. The average molecular weight is 554 g/mol. The number of sulfonamides is 1. The first-order valence-electron chi connectivity index (χ1n) is 12.4. The number of nitrogens with one attached hydrogen (secondary N) is 1. The number of rotatable bonds is 5. The molecule has 3 aliphatic heterocycles. The summed E-state index contributed by atoms with van der Waals surface area (Å²) in [5.74, 6) is -1.41. The number of hydrogen-bond acceptors (Lipinski definition) is 8. The Morgan fingerprint density at radius 2 is 1.77 bits per heavy atom. The van der Waals surface area contributed by atoms with E-state index in [1.54, 1.807) is 29.3 Å². The zero-order valence-electron chi connectivity index (χ0n) is 20.7. The highest BCUT2D eigenvalue weighted by Gasteiger charge is 2.40. The van der Waals surface area contributed by atoms with E-state index in [0.717, 1.165) is 0 Å². The largest absolute Gasteiger partial charge is 0.444 e. The van der Waals surface area contributed by atoms with Gasteiger partial charge >= 0.3 is 0 Å². The molecule has 1 N–H and O–H groups in total. The lowest BCUT2D eigenvalue weighted by Crippen LogP contribution is -2.52. The molecule has 3 aromatic rings. The third kappa shape index (κ3) is 4.46. The second-order valence-corrected chi connectivity index (χ2v) is 11.6. The number of imide groups is 1. The summed E-state index contributed by atoms with van der Waals surface area (Å²) in [6.45, 7) is 0.964. The highest BCUT2D eigenvalue weighted by molar-refractivity contribution is 7.89. The number of aromatic nitrogens is 1. The fraction of sp³-hybridized carbons (Fsp3) is 0.308. The van der Waals surface area contributed by atoms with Crippen LogP contribution < -0.4 is 10.2 Å². The van der Waals surface area contributed by atoms with Crippen molar-refractivity contribution in [1.82, 2.24) is 19.5 Å². The summed E-state index contributed by atoms with van der Waals surface area (Å²) in [7, 11) is -3.76. The zero-order valence-corrected chi connectivity index (χ0v) is 21.5. The van der Waals surface area contributed by atoms with Gasteiger partial charge in [0.15, 0.2) is 12.2 Å². The fourth-order valence-corrected chi connectivity index (χ4v) is 6.71. The van der Waals surface area contributed by atoms with Crippen LogP contribution in [-0.4, -0.2) is 72.5 Å². The minimum atomic E-state index is -3.76. The molecule has 0 aliphatic carbocycles. The molecule has 0 saturated carbocycles. The van der Waals surface area contributed by atoms with E-state index in [4.69, 9.17) is 4.42 Å². The summed E-state index contributed by atoms with van der Waals surface area (Å²) in [5, 5.41) is 2.25. The molecule has 1 atom stereocenters. The predicted octanol–water partition coefficient (Wildman–Crippen LogP) is 1.75. The average Bonchev–Trinajstić information content (AvgIpc) is 3.57. The van der Waals surface area contributed by atoms with Crippen LogP contribution in [0, 0.1) is 5.82 Å². The Bertz CT molecular complexity index is 1570. The summed E-state index contributed by atoms with van der Waals surface area (Å²) >= 11 is 0. The van der Waals surface area contributed by atoms with Crippen molar-refractivity contribution >= 4 is 33.4 Å². The number of fused-ring (bicyclic) bond motifs is 1. The Balaban J connectivity index is 1.15. The standard InChI is InChI=1S/C26H24FN5O6S/c27-20-12-19-17(14-32(26(19)35)21-5-6-24(33)29-25(21)34)11-22(20)30-7-9-31(10-8-30)39(36,37)18-3-1-16(2-4-18)23-13-28-15-38-23/h1-4,11-13,15,21H,5-10,14H2,(H,29,33,34). The molecule has 11 nitrogen and oxygen atoms in total. The van der Waals surface area contributed by atoms with Gasteiger partial charge in [0.2, 0.25) is 21.8 Å². The number of oxazole rings is 1. The SMILES string of the molecule is O=C1CCC(N2Cc3cc(N4CCN(S(=O)(=O)c5ccc(-c6cnco6)cc5)CC4)c(F)cc3C2=O)C(=O)N1. The first-order chi connectivity index (χ1) is 18.7. The van der Waals surface area contributed by atoms with Crippen LogP contribution in [0.15, 0.2) is 58.3 Å². The van der Waals surface area contributed by atoms with Crippen LogP contribution in [0.4, 0.5) is 10.1 Å².